The van der Waals surface area contributed by atoms with Crippen LogP contribution in [0.15, 0.2) is 36.4 Å². The maximum Gasteiger partial charge on any atom is 0.228 e. The smallest absolute Gasteiger partial charge is 0.228 e. The Morgan fingerprint density at radius 1 is 1.10 bits per heavy atom. The van der Waals surface area contributed by atoms with Crippen LogP contribution in [-0.2, 0) is 16.1 Å². The molecule has 2 aliphatic rings. The number of aryl methyl sites for hydroxylation is 2. The van der Waals surface area contributed by atoms with Crippen LogP contribution in [0.25, 0.3) is 0 Å². The summed E-state index contributed by atoms with van der Waals surface area (Å²) in [4.78, 5) is 29.0. The minimum Gasteiger partial charge on any atom is -0.486 e. The topological polar surface area (TPSA) is 59.1 Å². The van der Waals surface area contributed by atoms with E-state index >= 15 is 0 Å². The van der Waals surface area contributed by atoms with Crippen LogP contribution in [0.2, 0.25) is 0 Å². The third-order valence-electron chi connectivity index (χ3n) is 5.59. The number of hydrogen-bond donors (Lipinski definition) is 0. The van der Waals surface area contributed by atoms with E-state index in [1.807, 2.05) is 18.2 Å². The molecule has 0 spiro atoms. The zero-order valence-corrected chi connectivity index (χ0v) is 17.1. The van der Waals surface area contributed by atoms with E-state index < -0.39 is 0 Å². The summed E-state index contributed by atoms with van der Waals surface area (Å²) in [6.45, 7) is 6.06. The van der Waals surface area contributed by atoms with Crippen molar-refractivity contribution in [3.8, 4) is 11.5 Å². The van der Waals surface area contributed by atoms with Crippen molar-refractivity contribution in [1.29, 1.82) is 0 Å². The molecule has 6 heteroatoms. The molecule has 6 nitrogen and oxygen atoms in total. The van der Waals surface area contributed by atoms with E-state index in [1.54, 1.807) is 16.8 Å². The SMILES string of the molecule is Cc1ccc(CN(C)C(=O)[C@H]2CC(=O)N(c3ccc4c(c3)OCCO4)C2)c(C)c1. The molecule has 0 bridgehead atoms. The second-order valence-electron chi connectivity index (χ2n) is 7.86. The molecule has 0 N–H and O–H groups in total. The van der Waals surface area contributed by atoms with Gasteiger partial charge in [0.1, 0.15) is 13.2 Å². The van der Waals surface area contributed by atoms with Gasteiger partial charge in [-0.05, 0) is 37.1 Å². The number of ether oxygens (including phenoxy) is 2. The van der Waals surface area contributed by atoms with E-state index in [-0.39, 0.29) is 24.2 Å². The number of carbonyl (C=O) groups excluding carboxylic acids is 2. The summed E-state index contributed by atoms with van der Waals surface area (Å²) in [5.41, 5.74) is 4.24. The molecular weight excluding hydrogens is 368 g/mol. The van der Waals surface area contributed by atoms with Crippen molar-refractivity contribution in [2.24, 2.45) is 5.92 Å². The van der Waals surface area contributed by atoms with Gasteiger partial charge >= 0.3 is 0 Å². The van der Waals surface area contributed by atoms with Gasteiger partial charge in [-0.3, -0.25) is 9.59 Å². The highest BCUT2D eigenvalue weighted by Gasteiger charge is 2.37. The number of hydrogen-bond acceptors (Lipinski definition) is 4. The maximum atomic E-state index is 13.0. The van der Waals surface area contributed by atoms with Gasteiger partial charge in [-0.15, -0.1) is 0 Å². The zero-order chi connectivity index (χ0) is 20.5. The molecule has 0 unspecified atom stereocenters. The van der Waals surface area contributed by atoms with Gasteiger partial charge in [0.05, 0.1) is 5.92 Å². The summed E-state index contributed by atoms with van der Waals surface area (Å²) >= 11 is 0. The molecule has 0 radical (unpaired) electrons. The van der Waals surface area contributed by atoms with Gasteiger partial charge in [-0.1, -0.05) is 23.8 Å². The molecule has 4 rings (SSSR count). The van der Waals surface area contributed by atoms with Crippen LogP contribution < -0.4 is 14.4 Å². The van der Waals surface area contributed by atoms with Crippen molar-refractivity contribution in [3.63, 3.8) is 0 Å². The van der Waals surface area contributed by atoms with E-state index in [1.165, 1.54) is 11.1 Å². The standard InChI is InChI=1S/C23H26N2O4/c1-15-4-5-17(16(2)10-15)13-24(3)23(27)18-11-22(26)25(14-18)19-6-7-20-21(12-19)29-9-8-28-20/h4-7,10,12,18H,8-9,11,13-14H2,1-3H3/t18-/m0/s1. The summed E-state index contributed by atoms with van der Waals surface area (Å²) < 4.78 is 11.2. The van der Waals surface area contributed by atoms with E-state index in [0.29, 0.717) is 37.8 Å². The molecule has 0 aliphatic carbocycles. The highest BCUT2D eigenvalue weighted by atomic mass is 16.6. The van der Waals surface area contributed by atoms with Crippen molar-refractivity contribution in [2.75, 3.05) is 31.7 Å². The fourth-order valence-electron chi connectivity index (χ4n) is 3.99. The zero-order valence-electron chi connectivity index (χ0n) is 17.1. The Kier molecular flexibility index (Phi) is 5.18. The summed E-state index contributed by atoms with van der Waals surface area (Å²) in [7, 11) is 1.80. The quantitative estimate of drug-likeness (QED) is 0.800. The largest absolute Gasteiger partial charge is 0.486 e. The summed E-state index contributed by atoms with van der Waals surface area (Å²) in [6, 6.07) is 11.7. The summed E-state index contributed by atoms with van der Waals surface area (Å²) in [5, 5.41) is 0. The van der Waals surface area contributed by atoms with Crippen molar-refractivity contribution in [2.45, 2.75) is 26.8 Å². The monoisotopic (exact) mass is 394 g/mol. The molecule has 2 aliphatic heterocycles. The Morgan fingerprint density at radius 2 is 1.86 bits per heavy atom. The Bertz CT molecular complexity index is 956. The lowest BCUT2D eigenvalue weighted by molar-refractivity contribution is -0.135. The first-order valence-corrected chi connectivity index (χ1v) is 9.93. The van der Waals surface area contributed by atoms with E-state index in [0.717, 1.165) is 11.3 Å². The Balaban J connectivity index is 1.45. The lowest BCUT2D eigenvalue weighted by atomic mass is 10.0. The molecule has 1 fully saturated rings. The van der Waals surface area contributed by atoms with Gasteiger partial charge < -0.3 is 19.3 Å². The summed E-state index contributed by atoms with van der Waals surface area (Å²) in [5.74, 6) is 0.945. The molecule has 1 atom stereocenters. The maximum absolute atomic E-state index is 13.0. The molecule has 2 amide bonds. The first-order valence-electron chi connectivity index (χ1n) is 9.93. The third-order valence-corrected chi connectivity index (χ3v) is 5.59. The van der Waals surface area contributed by atoms with Gasteiger partial charge in [0.25, 0.3) is 0 Å². The Morgan fingerprint density at radius 3 is 2.62 bits per heavy atom. The molecule has 2 aromatic rings. The minimum atomic E-state index is -0.341. The minimum absolute atomic E-state index is 0.00151. The molecule has 2 heterocycles. The number of anilines is 1. The predicted octanol–water partition coefficient (Wildman–Crippen LogP) is 3.09. The molecule has 1 saturated heterocycles. The van der Waals surface area contributed by atoms with E-state index in [9.17, 15) is 9.59 Å². The van der Waals surface area contributed by atoms with E-state index in [4.69, 9.17) is 9.47 Å². The highest BCUT2D eigenvalue weighted by molar-refractivity contribution is 6.00. The first-order chi connectivity index (χ1) is 13.9. The Hall–Kier alpha value is -3.02. The third kappa shape index (κ3) is 3.92. The van der Waals surface area contributed by atoms with Gasteiger partial charge in [-0.2, -0.15) is 0 Å². The number of carbonyl (C=O) groups is 2. The van der Waals surface area contributed by atoms with Crippen LogP contribution in [0.1, 0.15) is 23.1 Å². The van der Waals surface area contributed by atoms with Gasteiger partial charge in [0.15, 0.2) is 11.5 Å². The number of fused-ring (bicyclic) bond motifs is 1. The summed E-state index contributed by atoms with van der Waals surface area (Å²) in [6.07, 6.45) is 0.227. The van der Waals surface area contributed by atoms with Crippen molar-refractivity contribution < 1.29 is 19.1 Å². The van der Waals surface area contributed by atoms with Crippen LogP contribution in [0.4, 0.5) is 5.69 Å². The lowest BCUT2D eigenvalue weighted by Gasteiger charge is -2.23. The number of nitrogens with zero attached hydrogens (tertiary/aromatic N) is 2. The van der Waals surface area contributed by atoms with Crippen LogP contribution in [0.3, 0.4) is 0 Å². The van der Waals surface area contributed by atoms with Gasteiger partial charge in [-0.25, -0.2) is 0 Å². The number of amides is 2. The first kappa shape index (κ1) is 19.3. The van der Waals surface area contributed by atoms with E-state index in [2.05, 4.69) is 32.0 Å². The van der Waals surface area contributed by atoms with Crippen molar-refractivity contribution in [3.05, 3.63) is 53.1 Å². The lowest BCUT2D eigenvalue weighted by Crippen LogP contribution is -2.34. The van der Waals surface area contributed by atoms with Crippen LogP contribution in [0, 0.1) is 19.8 Å². The fraction of sp³-hybridized carbons (Fsp3) is 0.391. The second-order valence-corrected chi connectivity index (χ2v) is 7.86. The fourth-order valence-corrected chi connectivity index (χ4v) is 3.99. The highest BCUT2D eigenvalue weighted by Crippen LogP contribution is 2.36. The predicted molar refractivity (Wildman–Crippen MR) is 110 cm³/mol. The van der Waals surface area contributed by atoms with Crippen molar-refractivity contribution >= 4 is 17.5 Å². The molecule has 0 saturated carbocycles. The average Bonchev–Trinajstić information content (AvgIpc) is 3.10. The van der Waals surface area contributed by atoms with Crippen molar-refractivity contribution in [1.82, 2.24) is 4.90 Å². The van der Waals surface area contributed by atoms with Crippen LogP contribution >= 0.6 is 0 Å². The number of rotatable bonds is 4. The van der Waals surface area contributed by atoms with Crippen LogP contribution in [0.5, 0.6) is 11.5 Å². The van der Waals surface area contributed by atoms with Gasteiger partial charge in [0.2, 0.25) is 11.8 Å². The van der Waals surface area contributed by atoms with Gasteiger partial charge in [0, 0.05) is 38.3 Å². The molecule has 152 valence electrons. The second kappa shape index (κ2) is 7.78. The Labute approximate surface area is 171 Å². The molecule has 0 aromatic heterocycles. The normalized spacial score (nSPS) is 18.1. The van der Waals surface area contributed by atoms with Crippen LogP contribution in [-0.4, -0.2) is 43.5 Å². The molecule has 29 heavy (non-hydrogen) atoms. The average molecular weight is 394 g/mol. The molecular formula is C23H26N2O4. The number of benzene rings is 2. The molecule has 2 aromatic carbocycles.